The van der Waals surface area contributed by atoms with Gasteiger partial charge in [0.2, 0.25) is 0 Å². The first-order chi connectivity index (χ1) is 24.7. The number of methoxy groups -OCH3 is 1. The Bertz CT molecular complexity index is 2100. The second-order valence-electron chi connectivity index (χ2n) is 14.9. The van der Waals surface area contributed by atoms with Crippen molar-refractivity contribution in [3.05, 3.63) is 67.8 Å². The minimum Gasteiger partial charge on any atom is -0.422 e. The summed E-state index contributed by atoms with van der Waals surface area (Å²) in [6.07, 6.45) is 3.37. The molecule has 4 aliphatic rings. The van der Waals surface area contributed by atoms with Crippen LogP contribution in [-0.4, -0.2) is 114 Å². The van der Waals surface area contributed by atoms with Gasteiger partial charge in [-0.25, -0.2) is 13.9 Å². The molecule has 3 aromatic rings. The smallest absolute Gasteiger partial charge is 0.341 e. The average molecular weight is 739 g/mol. The van der Waals surface area contributed by atoms with E-state index in [1.54, 1.807) is 21.2 Å². The van der Waals surface area contributed by atoms with Crippen LogP contribution in [0.25, 0.3) is 11.0 Å². The molecule has 52 heavy (non-hydrogen) atoms. The Hall–Kier alpha value is -4.05. The van der Waals surface area contributed by atoms with Gasteiger partial charge in [-0.3, -0.25) is 14.5 Å². The molecule has 0 spiro atoms. The van der Waals surface area contributed by atoms with Gasteiger partial charge in [0.05, 0.1) is 41.6 Å². The number of hydrogen-bond acceptors (Lipinski definition) is 10. The SMILES string of the molecule is COC[C@H]1CN(c2cc(C)c3c4c(c(=O)oc3c2C)CN(C(=O)c2cc(N(C)C)c(C(=O)NS(=O)(=O)N3C5CCC3CC5)cc2F)CC4)CCN1C. The molecule has 280 valence electrons. The van der Waals surface area contributed by atoms with E-state index in [2.05, 4.69) is 27.6 Å². The predicted octanol–water partition coefficient (Wildman–Crippen LogP) is 3.18. The first-order valence-electron chi connectivity index (χ1n) is 17.9. The number of nitrogens with one attached hydrogen (secondary N) is 1. The van der Waals surface area contributed by atoms with Crippen molar-refractivity contribution in [3.63, 3.8) is 0 Å². The summed E-state index contributed by atoms with van der Waals surface area (Å²) in [5, 5.41) is 0.860. The van der Waals surface area contributed by atoms with Crippen LogP contribution in [0.4, 0.5) is 15.8 Å². The number of aryl methyl sites for hydroxylation is 2. The van der Waals surface area contributed by atoms with Crippen molar-refractivity contribution in [2.75, 3.05) is 70.8 Å². The van der Waals surface area contributed by atoms with Crippen molar-refractivity contribution in [1.82, 2.24) is 18.8 Å². The molecule has 3 saturated heterocycles. The lowest BCUT2D eigenvalue weighted by Crippen LogP contribution is -2.53. The molecule has 4 aliphatic heterocycles. The summed E-state index contributed by atoms with van der Waals surface area (Å²) in [4.78, 5) is 48.4. The van der Waals surface area contributed by atoms with Gasteiger partial charge in [0.15, 0.2) is 0 Å². The highest BCUT2D eigenvalue weighted by molar-refractivity contribution is 7.87. The molecule has 0 saturated carbocycles. The number of nitrogens with zero attached hydrogens (tertiary/aromatic N) is 5. The molecule has 0 unspecified atom stereocenters. The summed E-state index contributed by atoms with van der Waals surface area (Å²) in [5.41, 5.74) is 3.72. The van der Waals surface area contributed by atoms with Crippen molar-refractivity contribution in [1.29, 1.82) is 0 Å². The molecular formula is C37H47FN6O7S. The molecule has 0 radical (unpaired) electrons. The number of anilines is 2. The summed E-state index contributed by atoms with van der Waals surface area (Å²) in [5.74, 6) is -2.59. The fourth-order valence-corrected chi connectivity index (χ4v) is 10.4. The monoisotopic (exact) mass is 738 g/mol. The number of piperazine rings is 1. The van der Waals surface area contributed by atoms with Gasteiger partial charge in [-0.1, -0.05) is 0 Å². The second kappa shape index (κ2) is 13.7. The first kappa shape index (κ1) is 36.3. The van der Waals surface area contributed by atoms with E-state index < -0.39 is 33.5 Å². The van der Waals surface area contributed by atoms with Gasteiger partial charge >= 0.3 is 15.8 Å². The Labute approximate surface area is 303 Å². The number of benzene rings is 2. The average Bonchev–Trinajstić information content (AvgIpc) is 3.72. The van der Waals surface area contributed by atoms with E-state index in [9.17, 15) is 22.8 Å². The number of amides is 2. The Morgan fingerprint density at radius 2 is 1.71 bits per heavy atom. The van der Waals surface area contributed by atoms with Crippen LogP contribution >= 0.6 is 0 Å². The molecule has 0 aliphatic carbocycles. The van der Waals surface area contributed by atoms with Crippen LogP contribution in [0.5, 0.6) is 0 Å². The number of rotatable bonds is 8. The van der Waals surface area contributed by atoms with Gasteiger partial charge in [-0.2, -0.15) is 12.7 Å². The fourth-order valence-electron chi connectivity index (χ4n) is 8.72. The third-order valence-electron chi connectivity index (χ3n) is 11.5. The molecule has 1 atom stereocenters. The standard InChI is InChI=1S/C37H47FN6O7S/c1-21-15-31(42-14-13-41(5)25(18-42)20-50-6)22(2)34-33(21)26-11-12-43(19-29(26)37(47)51-34)36(46)27-17-32(40(3)4)28(16-30(27)38)35(45)39-52(48,49)44-23-7-8-24(44)10-9-23/h15-17,23-25H,7-14,18-20H2,1-6H3,(H,39,45)/t23?,24?,25-/m1/s1. The lowest BCUT2D eigenvalue weighted by Gasteiger charge is -2.41. The van der Waals surface area contributed by atoms with Crippen LogP contribution in [0, 0.1) is 19.7 Å². The fraction of sp³-hybridized carbons (Fsp3) is 0.541. The lowest BCUT2D eigenvalue weighted by atomic mass is 9.92. The van der Waals surface area contributed by atoms with Crippen molar-refractivity contribution < 1.29 is 31.6 Å². The van der Waals surface area contributed by atoms with E-state index in [1.807, 2.05) is 13.8 Å². The maximum Gasteiger partial charge on any atom is 0.341 e. The third kappa shape index (κ3) is 6.24. The molecule has 3 fully saturated rings. The zero-order valence-corrected chi connectivity index (χ0v) is 31.4. The van der Waals surface area contributed by atoms with Crippen LogP contribution in [0.15, 0.2) is 27.4 Å². The van der Waals surface area contributed by atoms with Crippen molar-refractivity contribution >= 4 is 44.4 Å². The summed E-state index contributed by atoms with van der Waals surface area (Å²) in [6.45, 7) is 7.22. The second-order valence-corrected chi connectivity index (χ2v) is 16.4. The quantitative estimate of drug-likeness (QED) is 0.344. The lowest BCUT2D eigenvalue weighted by molar-refractivity contribution is 0.0727. The number of likely N-dealkylation sites (N-methyl/N-ethyl adjacent to an activating group) is 1. The molecule has 1 aromatic heterocycles. The summed E-state index contributed by atoms with van der Waals surface area (Å²) in [6, 6.07) is 4.26. The van der Waals surface area contributed by atoms with E-state index in [-0.39, 0.29) is 48.0 Å². The highest BCUT2D eigenvalue weighted by Gasteiger charge is 2.47. The number of carbonyl (C=O) groups is 2. The van der Waals surface area contributed by atoms with Crippen LogP contribution in [0.2, 0.25) is 0 Å². The van der Waals surface area contributed by atoms with E-state index in [0.29, 0.717) is 24.2 Å². The zero-order chi connectivity index (χ0) is 37.2. The maximum absolute atomic E-state index is 15.8. The Morgan fingerprint density at radius 3 is 2.37 bits per heavy atom. The van der Waals surface area contributed by atoms with Crippen LogP contribution in [0.1, 0.15) is 68.7 Å². The summed E-state index contributed by atoms with van der Waals surface area (Å²) in [7, 11) is 2.90. The molecule has 15 heteroatoms. The number of fused-ring (bicyclic) bond motifs is 5. The molecular weight excluding hydrogens is 692 g/mol. The normalized spacial score (nSPS) is 22.2. The molecule has 1 N–H and O–H groups in total. The number of ether oxygens (including phenoxy) is 1. The van der Waals surface area contributed by atoms with E-state index in [0.717, 1.165) is 79.1 Å². The van der Waals surface area contributed by atoms with E-state index in [1.165, 1.54) is 20.2 Å². The Morgan fingerprint density at radius 1 is 1.02 bits per heavy atom. The van der Waals surface area contributed by atoms with Crippen LogP contribution in [0.3, 0.4) is 0 Å². The van der Waals surface area contributed by atoms with Crippen molar-refractivity contribution in [3.8, 4) is 0 Å². The van der Waals surface area contributed by atoms with Crippen LogP contribution in [-0.2, 0) is 27.9 Å². The van der Waals surface area contributed by atoms with Crippen molar-refractivity contribution in [2.45, 2.75) is 70.6 Å². The summed E-state index contributed by atoms with van der Waals surface area (Å²) < 4.78 is 57.1. The van der Waals surface area contributed by atoms with Crippen molar-refractivity contribution in [2.24, 2.45) is 0 Å². The maximum atomic E-state index is 15.8. The largest absolute Gasteiger partial charge is 0.422 e. The zero-order valence-electron chi connectivity index (χ0n) is 30.6. The Balaban J connectivity index is 1.15. The van der Waals surface area contributed by atoms with Gasteiger partial charge in [-0.15, -0.1) is 0 Å². The molecule has 13 nitrogen and oxygen atoms in total. The minimum atomic E-state index is -4.14. The minimum absolute atomic E-state index is 0.0702. The number of hydrogen-bond donors (Lipinski definition) is 1. The molecule has 7 rings (SSSR count). The summed E-state index contributed by atoms with van der Waals surface area (Å²) >= 11 is 0. The Kier molecular flexibility index (Phi) is 9.59. The van der Waals surface area contributed by atoms with E-state index >= 15 is 4.39 Å². The van der Waals surface area contributed by atoms with Crippen LogP contribution < -0.4 is 20.1 Å². The number of halogens is 1. The highest BCUT2D eigenvalue weighted by atomic mass is 32.2. The molecule has 5 heterocycles. The first-order valence-corrected chi connectivity index (χ1v) is 19.3. The molecule has 2 amide bonds. The highest BCUT2D eigenvalue weighted by Crippen LogP contribution is 2.40. The molecule has 2 bridgehead atoms. The number of carbonyl (C=O) groups excluding carboxylic acids is 2. The molecule has 2 aromatic carbocycles. The third-order valence-corrected chi connectivity index (χ3v) is 13.1. The predicted molar refractivity (Wildman–Crippen MR) is 196 cm³/mol. The van der Waals surface area contributed by atoms with Gasteiger partial charge in [0, 0.05) is 76.1 Å². The van der Waals surface area contributed by atoms with E-state index in [4.69, 9.17) is 9.15 Å². The van der Waals surface area contributed by atoms with Gasteiger partial charge < -0.3 is 23.9 Å². The van der Waals surface area contributed by atoms with Gasteiger partial charge in [0.1, 0.15) is 11.4 Å². The topological polar surface area (TPSA) is 136 Å². The van der Waals surface area contributed by atoms with Gasteiger partial charge in [-0.05, 0) is 82.3 Å². The van der Waals surface area contributed by atoms with Gasteiger partial charge in [0.25, 0.3) is 11.8 Å².